The fraction of sp³-hybridized carbons (Fsp3) is 0.318. The van der Waals surface area contributed by atoms with Gasteiger partial charge in [0.25, 0.3) is 0 Å². The van der Waals surface area contributed by atoms with Crippen molar-refractivity contribution < 1.29 is 9.53 Å². The van der Waals surface area contributed by atoms with Crippen LogP contribution in [0.3, 0.4) is 0 Å². The predicted octanol–water partition coefficient (Wildman–Crippen LogP) is 4.71. The van der Waals surface area contributed by atoms with E-state index in [1.165, 1.54) is 11.8 Å². The Labute approximate surface area is 175 Å². The van der Waals surface area contributed by atoms with Crippen molar-refractivity contribution in [2.75, 3.05) is 17.7 Å². The number of nitrogens with one attached hydrogen (secondary N) is 1. The van der Waals surface area contributed by atoms with Gasteiger partial charge in [-0.1, -0.05) is 43.0 Å². The Bertz CT molecular complexity index is 1000. The van der Waals surface area contributed by atoms with Crippen LogP contribution in [0.15, 0.2) is 47.6 Å². The average Bonchev–Trinajstić information content (AvgIpc) is 3.08. The number of hydrogen-bond acceptors (Lipinski definition) is 5. The van der Waals surface area contributed by atoms with Crippen LogP contribution >= 0.6 is 11.8 Å². The van der Waals surface area contributed by atoms with Crippen LogP contribution in [0.5, 0.6) is 5.75 Å². The molecule has 0 saturated carbocycles. The Morgan fingerprint density at radius 3 is 2.72 bits per heavy atom. The van der Waals surface area contributed by atoms with Crippen LogP contribution in [-0.2, 0) is 4.79 Å². The number of amides is 1. The lowest BCUT2D eigenvalue weighted by atomic mass is 10.1. The van der Waals surface area contributed by atoms with Crippen molar-refractivity contribution in [1.29, 1.82) is 0 Å². The Hall–Kier alpha value is -2.80. The highest BCUT2D eigenvalue weighted by atomic mass is 32.2. The highest BCUT2D eigenvalue weighted by Gasteiger charge is 2.16. The molecule has 0 atom stereocenters. The molecule has 0 fully saturated rings. The number of hydrogen-bond donors (Lipinski definition) is 1. The van der Waals surface area contributed by atoms with E-state index in [2.05, 4.69) is 47.6 Å². The predicted molar refractivity (Wildman–Crippen MR) is 117 cm³/mol. The number of rotatable bonds is 8. The third kappa shape index (κ3) is 5.17. The number of ether oxygens (including phenoxy) is 1. The normalized spacial score (nSPS) is 10.8. The van der Waals surface area contributed by atoms with Crippen molar-refractivity contribution in [3.8, 4) is 11.4 Å². The third-order valence-electron chi connectivity index (χ3n) is 4.36. The molecule has 3 aromatic rings. The molecule has 0 saturated heterocycles. The van der Waals surface area contributed by atoms with E-state index < -0.39 is 0 Å². The second-order valence-corrected chi connectivity index (χ2v) is 7.78. The lowest BCUT2D eigenvalue weighted by Gasteiger charge is -2.13. The van der Waals surface area contributed by atoms with Crippen molar-refractivity contribution in [3.63, 3.8) is 0 Å². The molecule has 6 nitrogen and oxygen atoms in total. The van der Waals surface area contributed by atoms with E-state index in [1.807, 2.05) is 42.7 Å². The summed E-state index contributed by atoms with van der Waals surface area (Å²) in [6.07, 6.45) is 0.908. The summed E-state index contributed by atoms with van der Waals surface area (Å²) in [5, 5.41) is 12.1. The number of carbonyl (C=O) groups is 1. The Morgan fingerprint density at radius 1 is 1.14 bits per heavy atom. The van der Waals surface area contributed by atoms with Gasteiger partial charge in [0.15, 0.2) is 5.16 Å². The number of para-hydroxylation sites is 2. The SMILES string of the molecule is CCCOc1ccccc1NC(=O)CSc1nnc(C)n1-c1cc(C)ccc1C. The van der Waals surface area contributed by atoms with Gasteiger partial charge in [-0.15, -0.1) is 10.2 Å². The average molecular weight is 411 g/mol. The van der Waals surface area contributed by atoms with E-state index in [4.69, 9.17) is 4.74 Å². The van der Waals surface area contributed by atoms with E-state index in [9.17, 15) is 4.79 Å². The highest BCUT2D eigenvalue weighted by molar-refractivity contribution is 7.99. The van der Waals surface area contributed by atoms with E-state index in [-0.39, 0.29) is 11.7 Å². The number of carbonyl (C=O) groups excluding carboxylic acids is 1. The minimum absolute atomic E-state index is 0.115. The van der Waals surface area contributed by atoms with Crippen molar-refractivity contribution in [1.82, 2.24) is 14.8 Å². The number of nitrogens with zero attached hydrogens (tertiary/aromatic N) is 3. The van der Waals surface area contributed by atoms with E-state index >= 15 is 0 Å². The van der Waals surface area contributed by atoms with Gasteiger partial charge in [-0.2, -0.15) is 0 Å². The van der Waals surface area contributed by atoms with Gasteiger partial charge in [-0.25, -0.2) is 0 Å². The summed E-state index contributed by atoms with van der Waals surface area (Å²) in [4.78, 5) is 12.5. The Balaban J connectivity index is 1.72. The van der Waals surface area contributed by atoms with Gasteiger partial charge in [0.05, 0.1) is 23.7 Å². The lowest BCUT2D eigenvalue weighted by Crippen LogP contribution is -2.15. The molecule has 0 spiro atoms. The Morgan fingerprint density at radius 2 is 1.93 bits per heavy atom. The van der Waals surface area contributed by atoms with Gasteiger partial charge in [0.2, 0.25) is 5.91 Å². The largest absolute Gasteiger partial charge is 0.491 e. The van der Waals surface area contributed by atoms with Gasteiger partial charge < -0.3 is 10.1 Å². The second-order valence-electron chi connectivity index (χ2n) is 6.84. The van der Waals surface area contributed by atoms with Crippen molar-refractivity contribution >= 4 is 23.4 Å². The van der Waals surface area contributed by atoms with E-state index in [0.29, 0.717) is 23.2 Å². The van der Waals surface area contributed by atoms with Crippen LogP contribution in [0.4, 0.5) is 5.69 Å². The van der Waals surface area contributed by atoms with Crippen LogP contribution in [0.25, 0.3) is 5.69 Å². The molecular weight excluding hydrogens is 384 g/mol. The number of aromatic nitrogens is 3. The molecule has 29 heavy (non-hydrogen) atoms. The maximum Gasteiger partial charge on any atom is 0.234 e. The number of benzene rings is 2. The zero-order valence-corrected chi connectivity index (χ0v) is 18.0. The maximum absolute atomic E-state index is 12.5. The summed E-state index contributed by atoms with van der Waals surface area (Å²) in [7, 11) is 0. The van der Waals surface area contributed by atoms with Crippen LogP contribution in [0, 0.1) is 20.8 Å². The van der Waals surface area contributed by atoms with Crippen molar-refractivity contribution in [2.24, 2.45) is 0 Å². The van der Waals surface area contributed by atoms with Crippen LogP contribution in [0.1, 0.15) is 30.3 Å². The van der Waals surface area contributed by atoms with Crippen LogP contribution in [-0.4, -0.2) is 33.0 Å². The van der Waals surface area contributed by atoms with Gasteiger partial charge in [-0.05, 0) is 56.5 Å². The number of thioether (sulfide) groups is 1. The molecule has 0 bridgehead atoms. The van der Waals surface area contributed by atoms with Gasteiger partial charge >= 0.3 is 0 Å². The first-order valence-corrected chi connectivity index (χ1v) is 10.6. The molecule has 1 amide bonds. The molecule has 0 aliphatic rings. The van der Waals surface area contributed by atoms with Crippen molar-refractivity contribution in [3.05, 3.63) is 59.4 Å². The summed E-state index contributed by atoms with van der Waals surface area (Å²) in [5.74, 6) is 1.59. The zero-order valence-electron chi connectivity index (χ0n) is 17.2. The second kappa shape index (κ2) is 9.60. The molecule has 2 aromatic carbocycles. The molecule has 0 aliphatic carbocycles. The highest BCUT2D eigenvalue weighted by Crippen LogP contribution is 2.27. The molecule has 0 aliphatic heterocycles. The fourth-order valence-electron chi connectivity index (χ4n) is 2.90. The fourth-order valence-corrected chi connectivity index (χ4v) is 3.69. The lowest BCUT2D eigenvalue weighted by molar-refractivity contribution is -0.113. The zero-order chi connectivity index (χ0) is 20.8. The minimum Gasteiger partial charge on any atom is -0.491 e. The van der Waals surface area contributed by atoms with Crippen LogP contribution in [0.2, 0.25) is 0 Å². The maximum atomic E-state index is 12.5. The van der Waals surface area contributed by atoms with E-state index in [0.717, 1.165) is 29.1 Å². The molecule has 1 aromatic heterocycles. The molecule has 7 heteroatoms. The van der Waals surface area contributed by atoms with Gasteiger partial charge in [0.1, 0.15) is 11.6 Å². The molecule has 0 radical (unpaired) electrons. The molecular formula is C22H26N4O2S. The Kier molecular flexibility index (Phi) is 6.93. The molecule has 0 unspecified atom stereocenters. The summed E-state index contributed by atoms with van der Waals surface area (Å²) >= 11 is 1.36. The first-order chi connectivity index (χ1) is 14.0. The van der Waals surface area contributed by atoms with Crippen LogP contribution < -0.4 is 10.1 Å². The minimum atomic E-state index is -0.115. The monoisotopic (exact) mass is 410 g/mol. The summed E-state index contributed by atoms with van der Waals surface area (Å²) in [5.41, 5.74) is 4.01. The molecule has 152 valence electrons. The third-order valence-corrected chi connectivity index (χ3v) is 5.28. The standard InChI is InChI=1S/C22H26N4O2S/c1-5-12-28-20-9-7-6-8-18(20)23-21(27)14-29-22-25-24-17(4)26(22)19-13-15(2)10-11-16(19)3/h6-11,13H,5,12,14H2,1-4H3,(H,23,27). The van der Waals surface area contributed by atoms with Crippen molar-refractivity contribution in [2.45, 2.75) is 39.3 Å². The quantitative estimate of drug-likeness (QED) is 0.545. The molecule has 1 heterocycles. The molecule has 3 rings (SSSR count). The smallest absolute Gasteiger partial charge is 0.234 e. The van der Waals surface area contributed by atoms with E-state index in [1.54, 1.807) is 0 Å². The van der Waals surface area contributed by atoms with Gasteiger partial charge in [-0.3, -0.25) is 9.36 Å². The summed E-state index contributed by atoms with van der Waals surface area (Å²) < 4.78 is 7.71. The first kappa shape index (κ1) is 20.9. The first-order valence-electron chi connectivity index (χ1n) is 9.63. The number of anilines is 1. The molecule has 1 N–H and O–H groups in total. The summed E-state index contributed by atoms with van der Waals surface area (Å²) in [6.45, 7) is 8.69. The summed E-state index contributed by atoms with van der Waals surface area (Å²) in [6, 6.07) is 13.7. The van der Waals surface area contributed by atoms with Gasteiger partial charge in [0, 0.05) is 0 Å². The number of aryl methyl sites for hydroxylation is 3. The topological polar surface area (TPSA) is 69.0 Å².